The molecule has 0 aliphatic heterocycles. The molecule has 5 nitrogen and oxygen atoms in total. The molecule has 112 valence electrons. The van der Waals surface area contributed by atoms with E-state index in [2.05, 4.69) is 5.32 Å². The highest BCUT2D eigenvalue weighted by molar-refractivity contribution is 7.89. The van der Waals surface area contributed by atoms with Crippen molar-refractivity contribution in [2.75, 3.05) is 25.1 Å². The Morgan fingerprint density at radius 3 is 2.24 bits per heavy atom. The van der Waals surface area contributed by atoms with Gasteiger partial charge in [0.1, 0.15) is 0 Å². The molecule has 2 aromatic rings. The minimum absolute atomic E-state index is 0.275. The largest absolute Gasteiger partial charge is 0.398 e. The van der Waals surface area contributed by atoms with Crippen LogP contribution in [0.5, 0.6) is 0 Å². The topological polar surface area (TPSA) is 75.4 Å². The number of benzene rings is 2. The first-order valence-electron chi connectivity index (χ1n) is 6.51. The van der Waals surface area contributed by atoms with Crippen LogP contribution in [-0.2, 0) is 16.6 Å². The summed E-state index contributed by atoms with van der Waals surface area (Å²) in [6.07, 6.45) is 0. The van der Waals surface area contributed by atoms with Gasteiger partial charge in [0, 0.05) is 32.0 Å². The molecule has 0 bridgehead atoms. The summed E-state index contributed by atoms with van der Waals surface area (Å²) in [5.74, 6) is 0. The summed E-state index contributed by atoms with van der Waals surface area (Å²) in [5.41, 5.74) is 8.45. The summed E-state index contributed by atoms with van der Waals surface area (Å²) < 4.78 is 25.1. The number of hydrogen-bond acceptors (Lipinski definition) is 4. The van der Waals surface area contributed by atoms with Crippen LogP contribution in [-0.4, -0.2) is 26.8 Å². The average molecular weight is 305 g/mol. The van der Waals surface area contributed by atoms with Gasteiger partial charge in [0.25, 0.3) is 0 Å². The van der Waals surface area contributed by atoms with Crippen LogP contribution >= 0.6 is 0 Å². The third-order valence-electron chi connectivity index (χ3n) is 3.17. The molecule has 0 spiro atoms. The minimum Gasteiger partial charge on any atom is -0.398 e. The Morgan fingerprint density at radius 1 is 1.05 bits per heavy atom. The van der Waals surface area contributed by atoms with Crippen molar-refractivity contribution in [3.63, 3.8) is 0 Å². The number of nitrogens with zero attached hydrogens (tertiary/aromatic N) is 1. The smallest absolute Gasteiger partial charge is 0.242 e. The molecule has 3 N–H and O–H groups in total. The second-order valence-corrected chi connectivity index (χ2v) is 7.02. The van der Waals surface area contributed by atoms with Crippen molar-refractivity contribution in [3.05, 3.63) is 54.1 Å². The van der Waals surface area contributed by atoms with Gasteiger partial charge in [-0.15, -0.1) is 0 Å². The molecule has 0 unspecified atom stereocenters. The zero-order chi connectivity index (χ0) is 15.5. The highest BCUT2D eigenvalue weighted by Gasteiger charge is 2.16. The van der Waals surface area contributed by atoms with Crippen LogP contribution in [0.4, 0.5) is 11.4 Å². The van der Waals surface area contributed by atoms with Crippen LogP contribution in [0.3, 0.4) is 0 Å². The number of nitrogens with one attached hydrogen (secondary N) is 1. The summed E-state index contributed by atoms with van der Waals surface area (Å²) in [6, 6.07) is 14.3. The zero-order valence-corrected chi connectivity index (χ0v) is 12.9. The van der Waals surface area contributed by atoms with Crippen molar-refractivity contribution in [1.29, 1.82) is 0 Å². The van der Waals surface area contributed by atoms with Gasteiger partial charge in [-0.3, -0.25) is 0 Å². The van der Waals surface area contributed by atoms with Crippen LogP contribution < -0.4 is 11.1 Å². The van der Waals surface area contributed by atoms with E-state index in [9.17, 15) is 8.42 Å². The summed E-state index contributed by atoms with van der Waals surface area (Å²) in [6.45, 7) is 0.590. The van der Waals surface area contributed by atoms with Gasteiger partial charge in [-0.25, -0.2) is 12.7 Å². The molecule has 0 aliphatic carbocycles. The number of anilines is 2. The lowest BCUT2D eigenvalue weighted by Gasteiger charge is -2.12. The molecule has 2 aromatic carbocycles. The van der Waals surface area contributed by atoms with Gasteiger partial charge >= 0.3 is 0 Å². The standard InChI is InChI=1S/C15H19N3O2S/c1-18(2)21(19,20)14-9-7-13(8-10-14)17-11-12-5-3-4-6-15(12)16/h3-10,17H,11,16H2,1-2H3. The van der Waals surface area contributed by atoms with Gasteiger partial charge in [-0.1, -0.05) is 18.2 Å². The summed E-state index contributed by atoms with van der Waals surface area (Å²) in [5, 5.41) is 3.22. The quantitative estimate of drug-likeness (QED) is 0.830. The normalized spacial score (nSPS) is 11.6. The predicted molar refractivity (Wildman–Crippen MR) is 85.5 cm³/mol. The van der Waals surface area contributed by atoms with Crippen LogP contribution in [0.1, 0.15) is 5.56 Å². The molecule has 0 aromatic heterocycles. The molecule has 2 rings (SSSR count). The number of nitrogens with two attached hydrogens (primary N) is 1. The van der Waals surface area contributed by atoms with E-state index in [1.165, 1.54) is 18.4 Å². The van der Waals surface area contributed by atoms with E-state index in [1.807, 2.05) is 24.3 Å². The first-order chi connectivity index (χ1) is 9.91. The Bertz CT molecular complexity index is 710. The SMILES string of the molecule is CN(C)S(=O)(=O)c1ccc(NCc2ccccc2N)cc1. The van der Waals surface area contributed by atoms with E-state index in [1.54, 1.807) is 24.3 Å². The van der Waals surface area contributed by atoms with Gasteiger partial charge in [-0.2, -0.15) is 0 Å². The molecule has 6 heteroatoms. The average Bonchev–Trinajstić information content (AvgIpc) is 2.46. The van der Waals surface area contributed by atoms with E-state index in [-0.39, 0.29) is 4.90 Å². The Hall–Kier alpha value is -2.05. The third-order valence-corrected chi connectivity index (χ3v) is 5.00. The lowest BCUT2D eigenvalue weighted by Crippen LogP contribution is -2.22. The second kappa shape index (κ2) is 6.15. The van der Waals surface area contributed by atoms with Gasteiger partial charge in [0.2, 0.25) is 10.0 Å². The fourth-order valence-electron chi connectivity index (χ4n) is 1.85. The molecular weight excluding hydrogens is 286 g/mol. The van der Waals surface area contributed by atoms with E-state index < -0.39 is 10.0 Å². The highest BCUT2D eigenvalue weighted by Crippen LogP contribution is 2.18. The van der Waals surface area contributed by atoms with Crippen LogP contribution in [0.2, 0.25) is 0 Å². The van der Waals surface area contributed by atoms with Crippen molar-refractivity contribution in [2.24, 2.45) is 0 Å². The number of sulfonamides is 1. The van der Waals surface area contributed by atoms with Crippen LogP contribution in [0, 0.1) is 0 Å². The number of para-hydroxylation sites is 1. The van der Waals surface area contributed by atoms with Crippen LogP contribution in [0.25, 0.3) is 0 Å². The molecule has 0 aliphatic rings. The first kappa shape index (κ1) is 15.3. The van der Waals surface area contributed by atoms with Crippen molar-refractivity contribution in [3.8, 4) is 0 Å². The monoisotopic (exact) mass is 305 g/mol. The number of hydrogen-bond donors (Lipinski definition) is 2. The van der Waals surface area contributed by atoms with Crippen molar-refractivity contribution < 1.29 is 8.42 Å². The highest BCUT2D eigenvalue weighted by atomic mass is 32.2. The molecule has 0 atom stereocenters. The van der Waals surface area contributed by atoms with Crippen molar-refractivity contribution in [2.45, 2.75) is 11.4 Å². The summed E-state index contributed by atoms with van der Waals surface area (Å²) >= 11 is 0. The maximum Gasteiger partial charge on any atom is 0.242 e. The van der Waals surface area contributed by atoms with Gasteiger partial charge < -0.3 is 11.1 Å². The predicted octanol–water partition coefficient (Wildman–Crippen LogP) is 2.13. The molecule has 0 amide bonds. The van der Waals surface area contributed by atoms with Gasteiger partial charge in [-0.05, 0) is 35.9 Å². The number of nitrogen functional groups attached to an aromatic ring is 1. The zero-order valence-electron chi connectivity index (χ0n) is 12.1. The van der Waals surface area contributed by atoms with Crippen molar-refractivity contribution in [1.82, 2.24) is 4.31 Å². The van der Waals surface area contributed by atoms with E-state index in [0.29, 0.717) is 6.54 Å². The van der Waals surface area contributed by atoms with Crippen molar-refractivity contribution >= 4 is 21.4 Å². The Labute approximate surface area is 125 Å². The Kier molecular flexibility index (Phi) is 4.50. The van der Waals surface area contributed by atoms with E-state index in [0.717, 1.165) is 16.9 Å². The molecule has 0 saturated heterocycles. The van der Waals surface area contributed by atoms with E-state index >= 15 is 0 Å². The molecule has 0 saturated carbocycles. The molecule has 0 heterocycles. The maximum absolute atomic E-state index is 12.0. The lowest BCUT2D eigenvalue weighted by atomic mass is 10.2. The van der Waals surface area contributed by atoms with E-state index in [4.69, 9.17) is 5.73 Å². The second-order valence-electron chi connectivity index (χ2n) is 4.86. The maximum atomic E-state index is 12.0. The van der Waals surface area contributed by atoms with Gasteiger partial charge in [0.05, 0.1) is 4.90 Å². The number of rotatable bonds is 5. The fourth-order valence-corrected chi connectivity index (χ4v) is 2.75. The first-order valence-corrected chi connectivity index (χ1v) is 7.95. The minimum atomic E-state index is -3.38. The summed E-state index contributed by atoms with van der Waals surface area (Å²) in [4.78, 5) is 0.275. The lowest BCUT2D eigenvalue weighted by molar-refractivity contribution is 0.521. The Balaban J connectivity index is 2.09. The fraction of sp³-hybridized carbons (Fsp3) is 0.200. The molecule has 0 radical (unpaired) electrons. The van der Waals surface area contributed by atoms with Gasteiger partial charge in [0.15, 0.2) is 0 Å². The Morgan fingerprint density at radius 2 is 1.67 bits per heavy atom. The van der Waals surface area contributed by atoms with Crippen LogP contribution in [0.15, 0.2) is 53.4 Å². The molecule has 21 heavy (non-hydrogen) atoms. The molecule has 0 fully saturated rings. The summed E-state index contributed by atoms with van der Waals surface area (Å²) in [7, 11) is -0.355. The molecular formula is C15H19N3O2S. The third kappa shape index (κ3) is 3.53.